The minimum atomic E-state index is -0.626. The third-order valence-electron chi connectivity index (χ3n) is 4.20. The van der Waals surface area contributed by atoms with E-state index in [1.807, 2.05) is 0 Å². The van der Waals surface area contributed by atoms with Gasteiger partial charge in [-0.2, -0.15) is 0 Å². The lowest BCUT2D eigenvalue weighted by atomic mass is 10.0. The number of benzene rings is 1. The van der Waals surface area contributed by atoms with E-state index in [2.05, 4.69) is 0 Å². The first-order valence-electron chi connectivity index (χ1n) is 9.00. The molecule has 0 bridgehead atoms. The molecule has 7 nitrogen and oxygen atoms in total. The predicted molar refractivity (Wildman–Crippen MR) is 98.8 cm³/mol. The lowest BCUT2D eigenvalue weighted by Crippen LogP contribution is -2.40. The fourth-order valence-corrected chi connectivity index (χ4v) is 2.64. The van der Waals surface area contributed by atoms with Gasteiger partial charge in [0.1, 0.15) is 5.60 Å². The van der Waals surface area contributed by atoms with Gasteiger partial charge in [0.25, 0.3) is 0 Å². The molecule has 1 aromatic carbocycles. The number of ketones is 1. The molecule has 1 amide bonds. The Bertz CT molecular complexity index is 722. The molecule has 148 valence electrons. The molecule has 27 heavy (non-hydrogen) atoms. The van der Waals surface area contributed by atoms with Gasteiger partial charge in [-0.05, 0) is 52.3 Å². The Morgan fingerprint density at radius 2 is 1.81 bits per heavy atom. The molecule has 0 N–H and O–H groups in total. The highest BCUT2D eigenvalue weighted by Gasteiger charge is 2.25. The van der Waals surface area contributed by atoms with Crippen molar-refractivity contribution in [2.24, 2.45) is 0 Å². The van der Waals surface area contributed by atoms with Crippen LogP contribution in [-0.2, 0) is 14.3 Å². The molecule has 7 heteroatoms. The van der Waals surface area contributed by atoms with E-state index in [9.17, 15) is 14.4 Å². The number of esters is 1. The summed E-state index contributed by atoms with van der Waals surface area (Å²) in [6, 6.07) is 4.35. The summed E-state index contributed by atoms with van der Waals surface area (Å²) in [7, 11) is 1.59. The summed E-state index contributed by atoms with van der Waals surface area (Å²) in [5.74, 6) is 0.420. The van der Waals surface area contributed by atoms with Crippen molar-refractivity contribution in [3.63, 3.8) is 0 Å². The van der Waals surface area contributed by atoms with Crippen molar-refractivity contribution >= 4 is 17.7 Å². The van der Waals surface area contributed by atoms with Crippen molar-refractivity contribution in [1.29, 1.82) is 0 Å². The van der Waals surface area contributed by atoms with Gasteiger partial charge in [-0.1, -0.05) is 0 Å². The number of nitrogens with zero attached hydrogens (tertiary/aromatic N) is 1. The van der Waals surface area contributed by atoms with E-state index in [0.29, 0.717) is 23.5 Å². The van der Waals surface area contributed by atoms with Crippen molar-refractivity contribution in [2.75, 3.05) is 13.8 Å². The summed E-state index contributed by atoms with van der Waals surface area (Å²) in [5, 5.41) is 0. The van der Waals surface area contributed by atoms with Crippen LogP contribution in [0.5, 0.6) is 11.5 Å². The van der Waals surface area contributed by atoms with E-state index in [1.54, 1.807) is 52.9 Å². The first-order valence-corrected chi connectivity index (χ1v) is 9.00. The summed E-state index contributed by atoms with van der Waals surface area (Å²) in [6.07, 6.45) is 0.721. The molecule has 0 saturated carbocycles. The van der Waals surface area contributed by atoms with Crippen molar-refractivity contribution in [2.45, 2.75) is 58.6 Å². The predicted octanol–water partition coefficient (Wildman–Crippen LogP) is 2.96. The van der Waals surface area contributed by atoms with Crippen LogP contribution >= 0.6 is 0 Å². The monoisotopic (exact) mass is 377 g/mol. The topological polar surface area (TPSA) is 82.1 Å². The van der Waals surface area contributed by atoms with Crippen molar-refractivity contribution in [3.8, 4) is 11.5 Å². The number of likely N-dealkylation sites (N-methyl/N-ethyl adjacent to an activating group) is 1. The number of carbonyl (C=O) groups is 3. The van der Waals surface area contributed by atoms with Gasteiger partial charge in [-0.15, -0.1) is 0 Å². The van der Waals surface area contributed by atoms with E-state index in [0.717, 1.165) is 0 Å². The summed E-state index contributed by atoms with van der Waals surface area (Å²) in [5.41, 5.74) is -0.0798. The molecule has 0 radical (unpaired) electrons. The zero-order chi connectivity index (χ0) is 20.2. The zero-order valence-electron chi connectivity index (χ0n) is 16.5. The van der Waals surface area contributed by atoms with Crippen LogP contribution in [0.1, 0.15) is 57.3 Å². The molecule has 2 rings (SSSR count). The maximum atomic E-state index is 12.7. The minimum absolute atomic E-state index is 0.137. The Morgan fingerprint density at radius 1 is 1.15 bits per heavy atom. The fourth-order valence-electron chi connectivity index (χ4n) is 2.64. The Kier molecular flexibility index (Phi) is 6.46. The van der Waals surface area contributed by atoms with Crippen LogP contribution in [0, 0.1) is 0 Å². The van der Waals surface area contributed by atoms with Crippen molar-refractivity contribution in [1.82, 2.24) is 4.90 Å². The van der Waals surface area contributed by atoms with Gasteiger partial charge in [-0.25, -0.2) is 0 Å². The summed E-state index contributed by atoms with van der Waals surface area (Å²) >= 11 is 0. The molecule has 1 unspecified atom stereocenters. The average molecular weight is 377 g/mol. The third kappa shape index (κ3) is 5.70. The standard InChI is InChI=1S/C20H27NO6/c1-13(19(24)14-9-10-15-16(11-14)26-12-25-15)21(5)17(22)7-6-8-18(23)27-20(2,3)4/h9-11,13H,6-8,12H2,1-5H3. The first kappa shape index (κ1) is 20.7. The average Bonchev–Trinajstić information content (AvgIpc) is 3.05. The Morgan fingerprint density at radius 3 is 2.48 bits per heavy atom. The maximum Gasteiger partial charge on any atom is 0.306 e. The number of rotatable bonds is 7. The van der Waals surface area contributed by atoms with Crippen LogP contribution in [-0.4, -0.2) is 48.0 Å². The van der Waals surface area contributed by atoms with Crippen LogP contribution in [0.25, 0.3) is 0 Å². The van der Waals surface area contributed by atoms with Crippen LogP contribution in [0.15, 0.2) is 18.2 Å². The molecule has 0 spiro atoms. The van der Waals surface area contributed by atoms with Gasteiger partial charge in [0.05, 0.1) is 6.04 Å². The molecule has 0 aromatic heterocycles. The lowest BCUT2D eigenvalue weighted by Gasteiger charge is -2.24. The molecule has 0 fully saturated rings. The Labute approximate surface area is 159 Å². The van der Waals surface area contributed by atoms with Gasteiger partial charge >= 0.3 is 5.97 Å². The number of hydrogen-bond donors (Lipinski definition) is 0. The van der Waals surface area contributed by atoms with Crippen LogP contribution < -0.4 is 9.47 Å². The van der Waals surface area contributed by atoms with E-state index < -0.39 is 11.6 Å². The van der Waals surface area contributed by atoms with Crippen LogP contribution in [0.2, 0.25) is 0 Å². The molecule has 1 aliphatic heterocycles. The number of fused-ring (bicyclic) bond motifs is 1. The Hall–Kier alpha value is -2.57. The second kappa shape index (κ2) is 8.41. The zero-order valence-corrected chi connectivity index (χ0v) is 16.5. The fraction of sp³-hybridized carbons (Fsp3) is 0.550. The Balaban J connectivity index is 1.86. The molecule has 1 heterocycles. The SMILES string of the molecule is CC(C(=O)c1ccc2c(c1)OCO2)N(C)C(=O)CCCC(=O)OC(C)(C)C. The van der Waals surface area contributed by atoms with E-state index in [1.165, 1.54) is 4.90 Å². The summed E-state index contributed by atoms with van der Waals surface area (Å²) in [4.78, 5) is 38.1. The molecule has 0 saturated heterocycles. The highest BCUT2D eigenvalue weighted by atomic mass is 16.7. The molecule has 1 atom stereocenters. The quantitative estimate of drug-likeness (QED) is 0.537. The second-order valence-corrected chi connectivity index (χ2v) is 7.55. The van der Waals surface area contributed by atoms with Crippen molar-refractivity contribution < 1.29 is 28.6 Å². The normalized spacial score (nSPS) is 13.8. The van der Waals surface area contributed by atoms with E-state index in [-0.39, 0.29) is 37.3 Å². The van der Waals surface area contributed by atoms with E-state index in [4.69, 9.17) is 14.2 Å². The molecule has 0 aliphatic carbocycles. The maximum absolute atomic E-state index is 12.7. The van der Waals surface area contributed by atoms with Gasteiger partial charge in [-0.3, -0.25) is 14.4 Å². The number of carbonyl (C=O) groups excluding carboxylic acids is 3. The van der Waals surface area contributed by atoms with E-state index >= 15 is 0 Å². The van der Waals surface area contributed by atoms with Gasteiger partial charge in [0, 0.05) is 25.5 Å². The number of ether oxygens (including phenoxy) is 3. The third-order valence-corrected chi connectivity index (χ3v) is 4.20. The van der Waals surface area contributed by atoms with Crippen LogP contribution in [0.4, 0.5) is 0 Å². The smallest absolute Gasteiger partial charge is 0.306 e. The first-order chi connectivity index (χ1) is 12.6. The number of Topliss-reactive ketones (excluding diaryl/α,β-unsaturated/α-hetero) is 1. The highest BCUT2D eigenvalue weighted by Crippen LogP contribution is 2.33. The highest BCUT2D eigenvalue weighted by molar-refractivity contribution is 6.02. The van der Waals surface area contributed by atoms with Gasteiger partial charge < -0.3 is 19.1 Å². The second-order valence-electron chi connectivity index (χ2n) is 7.55. The number of hydrogen-bond acceptors (Lipinski definition) is 6. The summed E-state index contributed by atoms with van der Waals surface area (Å²) in [6.45, 7) is 7.21. The van der Waals surface area contributed by atoms with Crippen LogP contribution in [0.3, 0.4) is 0 Å². The molecular weight excluding hydrogens is 350 g/mol. The van der Waals surface area contributed by atoms with Gasteiger partial charge in [0.15, 0.2) is 17.3 Å². The summed E-state index contributed by atoms with van der Waals surface area (Å²) < 4.78 is 15.7. The lowest BCUT2D eigenvalue weighted by molar-refractivity contribution is -0.154. The largest absolute Gasteiger partial charge is 0.460 e. The van der Waals surface area contributed by atoms with Crippen molar-refractivity contribution in [3.05, 3.63) is 23.8 Å². The molecular formula is C20H27NO6. The minimum Gasteiger partial charge on any atom is -0.460 e. The molecule has 1 aliphatic rings. The van der Waals surface area contributed by atoms with Gasteiger partial charge in [0.2, 0.25) is 12.7 Å². The molecule has 1 aromatic rings. The number of amides is 1.